The minimum Gasteiger partial charge on any atom is -1.00 e. The van der Waals surface area contributed by atoms with E-state index in [0.717, 1.165) is 22.7 Å². The van der Waals surface area contributed by atoms with Crippen LogP contribution in [0.2, 0.25) is 5.02 Å². The Kier molecular flexibility index (Phi) is 8.03. The highest BCUT2D eigenvalue weighted by molar-refractivity contribution is 6.30. The number of ether oxygens (including phenoxy) is 1. The molecule has 0 aliphatic heterocycles. The predicted octanol–water partition coefficient (Wildman–Crippen LogP) is 1.15. The van der Waals surface area contributed by atoms with Crippen molar-refractivity contribution >= 4 is 11.6 Å². The Labute approximate surface area is 146 Å². The Morgan fingerprint density at radius 3 is 2.00 bits per heavy atom. The summed E-state index contributed by atoms with van der Waals surface area (Å²) in [7, 11) is 6.53. The van der Waals surface area contributed by atoms with Gasteiger partial charge in [0.05, 0.1) is 33.9 Å². The van der Waals surface area contributed by atoms with Gasteiger partial charge in [0, 0.05) is 5.02 Å². The molecule has 0 aromatic heterocycles. The van der Waals surface area contributed by atoms with Gasteiger partial charge in [-0.3, -0.25) is 0 Å². The molecule has 1 unspecified atom stereocenters. The molecule has 4 heteroatoms. The molecule has 1 aromatic carbocycles. The van der Waals surface area contributed by atoms with Crippen molar-refractivity contribution in [3.05, 3.63) is 34.9 Å². The van der Waals surface area contributed by atoms with Gasteiger partial charge in [-0.1, -0.05) is 44.5 Å². The van der Waals surface area contributed by atoms with E-state index in [1.165, 1.54) is 5.56 Å². The summed E-state index contributed by atoms with van der Waals surface area (Å²) in [5.41, 5.74) is 1.26. The molecule has 0 bridgehead atoms. The van der Waals surface area contributed by atoms with Crippen LogP contribution in [0.15, 0.2) is 24.3 Å². The molecule has 0 heterocycles. The summed E-state index contributed by atoms with van der Waals surface area (Å²) in [5.74, 6) is 0. The zero-order chi connectivity index (χ0) is 14.7. The van der Waals surface area contributed by atoms with Gasteiger partial charge in [-0.05, 0) is 23.1 Å². The molecule has 0 fully saturated rings. The van der Waals surface area contributed by atoms with Crippen LogP contribution in [0.3, 0.4) is 0 Å². The number of halogens is 2. The molecule has 1 aromatic rings. The van der Waals surface area contributed by atoms with Crippen molar-refractivity contribution < 1.29 is 33.2 Å². The predicted molar refractivity (Wildman–Crippen MR) is 82.5 cm³/mol. The van der Waals surface area contributed by atoms with E-state index in [2.05, 4.69) is 54.0 Å². The standard InChI is InChI=1S/C16H27ClNO.HI/c1-16(2,3)15(19-12-11-18(4,5)6)13-7-9-14(17)10-8-13;/h7-10,15H,11-12H2,1-6H3;1H/q+1;/p-1. The summed E-state index contributed by atoms with van der Waals surface area (Å²) in [6.45, 7) is 8.38. The third-order valence-corrected chi connectivity index (χ3v) is 3.26. The van der Waals surface area contributed by atoms with E-state index < -0.39 is 0 Å². The van der Waals surface area contributed by atoms with Crippen molar-refractivity contribution in [3.8, 4) is 0 Å². The van der Waals surface area contributed by atoms with Crippen LogP contribution >= 0.6 is 11.6 Å². The van der Waals surface area contributed by atoms with E-state index in [4.69, 9.17) is 16.3 Å². The van der Waals surface area contributed by atoms with E-state index in [1.54, 1.807) is 0 Å². The first-order valence-corrected chi connectivity index (χ1v) is 7.15. The van der Waals surface area contributed by atoms with Gasteiger partial charge in [-0.25, -0.2) is 0 Å². The summed E-state index contributed by atoms with van der Waals surface area (Å²) in [4.78, 5) is 0. The number of hydrogen-bond donors (Lipinski definition) is 0. The van der Waals surface area contributed by atoms with Crippen molar-refractivity contribution in [2.45, 2.75) is 26.9 Å². The van der Waals surface area contributed by atoms with Gasteiger partial charge in [-0.15, -0.1) is 0 Å². The number of quaternary nitrogens is 1. The SMILES string of the molecule is CC(C)(C)C(OCC[N+](C)(C)C)c1ccc(Cl)cc1.[I-]. The largest absolute Gasteiger partial charge is 1.00 e. The van der Waals surface area contributed by atoms with Gasteiger partial charge in [0.25, 0.3) is 0 Å². The van der Waals surface area contributed by atoms with E-state index in [-0.39, 0.29) is 35.5 Å². The van der Waals surface area contributed by atoms with Crippen LogP contribution in [-0.2, 0) is 4.74 Å². The van der Waals surface area contributed by atoms with Crippen molar-refractivity contribution in [1.29, 1.82) is 0 Å². The Morgan fingerprint density at radius 1 is 1.10 bits per heavy atom. The molecule has 0 spiro atoms. The lowest BCUT2D eigenvalue weighted by molar-refractivity contribution is -0.870. The summed E-state index contributed by atoms with van der Waals surface area (Å²) < 4.78 is 7.06. The molecule has 0 amide bonds. The van der Waals surface area contributed by atoms with Crippen LogP contribution in [0.4, 0.5) is 0 Å². The van der Waals surface area contributed by atoms with E-state index in [1.807, 2.05) is 12.1 Å². The molecule has 0 saturated heterocycles. The highest BCUT2D eigenvalue weighted by Gasteiger charge is 2.27. The van der Waals surface area contributed by atoms with Crippen LogP contribution in [0, 0.1) is 5.41 Å². The smallest absolute Gasteiger partial charge is 0.102 e. The third-order valence-electron chi connectivity index (χ3n) is 3.01. The molecule has 1 atom stereocenters. The van der Waals surface area contributed by atoms with E-state index in [9.17, 15) is 0 Å². The van der Waals surface area contributed by atoms with Crippen molar-refractivity contribution in [3.63, 3.8) is 0 Å². The number of hydrogen-bond acceptors (Lipinski definition) is 1. The molecular formula is C16H27ClINO. The molecule has 1 rings (SSSR count). The highest BCUT2D eigenvalue weighted by Crippen LogP contribution is 2.36. The normalized spacial score (nSPS) is 13.8. The van der Waals surface area contributed by atoms with Gasteiger partial charge < -0.3 is 33.2 Å². The Balaban J connectivity index is 0.00000361. The molecule has 0 saturated carbocycles. The van der Waals surface area contributed by atoms with E-state index >= 15 is 0 Å². The fraction of sp³-hybridized carbons (Fsp3) is 0.625. The average Bonchev–Trinajstić information content (AvgIpc) is 2.23. The first kappa shape index (κ1) is 20.2. The second-order valence-corrected chi connectivity index (χ2v) is 7.62. The molecule has 2 nitrogen and oxygen atoms in total. The average molecular weight is 412 g/mol. The van der Waals surface area contributed by atoms with Crippen molar-refractivity contribution in [2.75, 3.05) is 34.3 Å². The minimum absolute atomic E-state index is 0. The quantitative estimate of drug-likeness (QED) is 0.522. The fourth-order valence-corrected chi connectivity index (χ4v) is 2.05. The maximum Gasteiger partial charge on any atom is 0.102 e. The van der Waals surface area contributed by atoms with Gasteiger partial charge >= 0.3 is 0 Å². The monoisotopic (exact) mass is 411 g/mol. The summed E-state index contributed by atoms with van der Waals surface area (Å²) >= 11 is 5.95. The van der Waals surface area contributed by atoms with Crippen LogP contribution in [0.5, 0.6) is 0 Å². The first-order valence-electron chi connectivity index (χ1n) is 6.77. The molecule has 20 heavy (non-hydrogen) atoms. The molecule has 0 aliphatic rings. The molecular weight excluding hydrogens is 385 g/mol. The van der Waals surface area contributed by atoms with E-state index in [0.29, 0.717) is 0 Å². The zero-order valence-electron chi connectivity index (χ0n) is 13.4. The lowest BCUT2D eigenvalue weighted by Gasteiger charge is -2.32. The summed E-state index contributed by atoms with van der Waals surface area (Å²) in [5, 5.41) is 0.766. The van der Waals surface area contributed by atoms with Crippen LogP contribution < -0.4 is 24.0 Å². The molecule has 0 radical (unpaired) electrons. The summed E-state index contributed by atoms with van der Waals surface area (Å²) in [6, 6.07) is 7.98. The van der Waals surface area contributed by atoms with Gasteiger partial charge in [0.15, 0.2) is 0 Å². The second kappa shape index (κ2) is 7.97. The Hall–Kier alpha value is 0.160. The number of nitrogens with zero attached hydrogens (tertiary/aromatic N) is 1. The maximum atomic E-state index is 6.15. The number of likely N-dealkylation sites (N-methyl/N-ethyl adjacent to an activating group) is 1. The van der Waals surface area contributed by atoms with Crippen molar-refractivity contribution in [1.82, 2.24) is 0 Å². The first-order chi connectivity index (χ1) is 8.59. The molecule has 0 aliphatic carbocycles. The van der Waals surface area contributed by atoms with Crippen LogP contribution in [-0.4, -0.2) is 38.8 Å². The third kappa shape index (κ3) is 7.25. The Morgan fingerprint density at radius 2 is 1.60 bits per heavy atom. The van der Waals surface area contributed by atoms with Crippen LogP contribution in [0.1, 0.15) is 32.4 Å². The molecule has 116 valence electrons. The van der Waals surface area contributed by atoms with Gasteiger partial charge in [-0.2, -0.15) is 0 Å². The maximum absolute atomic E-state index is 6.15. The number of rotatable bonds is 5. The Bertz CT molecular complexity index is 392. The minimum atomic E-state index is 0. The topological polar surface area (TPSA) is 9.23 Å². The van der Waals surface area contributed by atoms with Gasteiger partial charge in [0.1, 0.15) is 6.54 Å². The van der Waals surface area contributed by atoms with Crippen LogP contribution in [0.25, 0.3) is 0 Å². The second-order valence-electron chi connectivity index (χ2n) is 7.18. The van der Waals surface area contributed by atoms with Crippen molar-refractivity contribution in [2.24, 2.45) is 5.41 Å². The lowest BCUT2D eigenvalue weighted by Crippen LogP contribution is -3.00. The highest BCUT2D eigenvalue weighted by atomic mass is 127. The zero-order valence-corrected chi connectivity index (χ0v) is 16.3. The number of benzene rings is 1. The summed E-state index contributed by atoms with van der Waals surface area (Å²) in [6.07, 6.45) is 0.0938. The molecule has 0 N–H and O–H groups in total. The van der Waals surface area contributed by atoms with Gasteiger partial charge in [0.2, 0.25) is 0 Å². The fourth-order valence-electron chi connectivity index (χ4n) is 1.93. The lowest BCUT2D eigenvalue weighted by atomic mass is 9.84.